The molecule has 5 heteroatoms. The normalized spacial score (nSPS) is 15.6. The highest BCUT2D eigenvalue weighted by Gasteiger charge is 2.29. The molecule has 2 aromatic heterocycles. The van der Waals surface area contributed by atoms with Gasteiger partial charge in [-0.1, -0.05) is 6.92 Å². The van der Waals surface area contributed by atoms with Gasteiger partial charge in [0.15, 0.2) is 0 Å². The van der Waals surface area contributed by atoms with Crippen molar-refractivity contribution < 1.29 is 0 Å². The summed E-state index contributed by atoms with van der Waals surface area (Å²) < 4.78 is 3.35. The number of imidazole rings is 1. The van der Waals surface area contributed by atoms with Crippen LogP contribution in [-0.2, 0) is 13.0 Å². The molecule has 4 nitrogen and oxygen atoms in total. The maximum atomic E-state index is 4.43. The zero-order valence-electron chi connectivity index (χ0n) is 11.0. The van der Waals surface area contributed by atoms with Gasteiger partial charge < -0.3 is 9.47 Å². The summed E-state index contributed by atoms with van der Waals surface area (Å²) in [5.41, 5.74) is 0. The number of aryl methyl sites for hydroxylation is 1. The van der Waals surface area contributed by atoms with Crippen LogP contribution in [0.1, 0.15) is 12.7 Å². The molecule has 0 unspecified atom stereocenters. The highest BCUT2D eigenvalue weighted by atomic mass is 79.9. The first-order valence-electron chi connectivity index (χ1n) is 6.63. The minimum atomic E-state index is 0.688. The summed E-state index contributed by atoms with van der Waals surface area (Å²) >= 11 is 3.56. The van der Waals surface area contributed by atoms with Crippen LogP contribution in [0.4, 0.5) is 5.82 Å². The highest BCUT2D eigenvalue weighted by molar-refractivity contribution is 9.10. The Kier molecular flexibility index (Phi) is 3.55. The van der Waals surface area contributed by atoms with Crippen LogP contribution in [0.3, 0.4) is 0 Å². The molecule has 3 rings (SSSR count). The predicted octanol–water partition coefficient (Wildman–Crippen LogP) is 2.74. The van der Waals surface area contributed by atoms with E-state index in [1.807, 2.05) is 24.5 Å². The first-order chi connectivity index (χ1) is 9.28. The van der Waals surface area contributed by atoms with Crippen LogP contribution < -0.4 is 4.90 Å². The van der Waals surface area contributed by atoms with Crippen LogP contribution in [0.5, 0.6) is 0 Å². The lowest BCUT2D eigenvalue weighted by atomic mass is 10.00. The lowest BCUT2D eigenvalue weighted by Crippen LogP contribution is -2.49. The van der Waals surface area contributed by atoms with Crippen molar-refractivity contribution in [1.29, 1.82) is 0 Å². The van der Waals surface area contributed by atoms with Crippen LogP contribution >= 0.6 is 15.9 Å². The van der Waals surface area contributed by atoms with E-state index in [1.54, 1.807) is 0 Å². The average Bonchev–Trinajstić information content (AvgIpc) is 2.82. The largest absolute Gasteiger partial charge is 0.355 e. The second-order valence-corrected chi connectivity index (χ2v) is 5.78. The maximum absolute atomic E-state index is 4.43. The Morgan fingerprint density at radius 1 is 1.32 bits per heavy atom. The molecule has 3 heterocycles. The van der Waals surface area contributed by atoms with E-state index in [0.717, 1.165) is 36.3 Å². The molecule has 0 radical (unpaired) electrons. The molecule has 0 bridgehead atoms. The summed E-state index contributed by atoms with van der Waals surface area (Å²) in [7, 11) is 0. The Balaban J connectivity index is 1.60. The standard InChI is InChI=1S/C14H17BrN4/c1-2-13-16-6-7-18(13)8-11-9-19(10-11)14-12(15)4-3-5-17-14/h3-7,11H,2,8-10H2,1H3. The first kappa shape index (κ1) is 12.7. The zero-order chi connectivity index (χ0) is 13.2. The first-order valence-corrected chi connectivity index (χ1v) is 7.42. The van der Waals surface area contributed by atoms with E-state index in [1.165, 1.54) is 5.82 Å². The van der Waals surface area contributed by atoms with Gasteiger partial charge in [0.05, 0.1) is 4.47 Å². The number of halogens is 1. The fourth-order valence-electron chi connectivity index (χ4n) is 2.57. The molecular weight excluding hydrogens is 304 g/mol. The summed E-state index contributed by atoms with van der Waals surface area (Å²) in [4.78, 5) is 11.1. The van der Waals surface area contributed by atoms with Gasteiger partial charge in [-0.3, -0.25) is 0 Å². The Bertz CT molecular complexity index is 560. The Hall–Kier alpha value is -1.36. The van der Waals surface area contributed by atoms with Gasteiger partial charge in [0.2, 0.25) is 0 Å². The van der Waals surface area contributed by atoms with Crippen LogP contribution in [-0.4, -0.2) is 27.6 Å². The van der Waals surface area contributed by atoms with Gasteiger partial charge >= 0.3 is 0 Å². The molecule has 2 aromatic rings. The minimum Gasteiger partial charge on any atom is -0.355 e. The third-order valence-electron chi connectivity index (χ3n) is 3.57. The third kappa shape index (κ3) is 2.52. The van der Waals surface area contributed by atoms with Crippen molar-refractivity contribution >= 4 is 21.7 Å². The molecule has 19 heavy (non-hydrogen) atoms. The van der Waals surface area contributed by atoms with Crippen molar-refractivity contribution in [2.24, 2.45) is 5.92 Å². The third-order valence-corrected chi connectivity index (χ3v) is 4.19. The van der Waals surface area contributed by atoms with Crippen LogP contribution in [0.15, 0.2) is 35.2 Å². The van der Waals surface area contributed by atoms with Gasteiger partial charge in [-0.05, 0) is 28.1 Å². The highest BCUT2D eigenvalue weighted by Crippen LogP contribution is 2.29. The number of hydrogen-bond acceptors (Lipinski definition) is 3. The molecule has 0 aliphatic carbocycles. The molecule has 0 saturated carbocycles. The summed E-state index contributed by atoms with van der Waals surface area (Å²) in [6, 6.07) is 3.99. The topological polar surface area (TPSA) is 34.0 Å². The monoisotopic (exact) mass is 320 g/mol. The molecule has 1 aliphatic rings. The zero-order valence-corrected chi connectivity index (χ0v) is 12.5. The smallest absolute Gasteiger partial charge is 0.142 e. The molecule has 1 saturated heterocycles. The fraction of sp³-hybridized carbons (Fsp3) is 0.429. The van der Waals surface area contributed by atoms with E-state index in [2.05, 4.69) is 48.5 Å². The SMILES string of the molecule is CCc1nccn1CC1CN(c2ncccc2Br)C1. The number of hydrogen-bond donors (Lipinski definition) is 0. The van der Waals surface area contributed by atoms with E-state index >= 15 is 0 Å². The van der Waals surface area contributed by atoms with Gasteiger partial charge in [0.1, 0.15) is 11.6 Å². The Morgan fingerprint density at radius 3 is 2.89 bits per heavy atom. The maximum Gasteiger partial charge on any atom is 0.142 e. The molecule has 1 fully saturated rings. The second kappa shape index (κ2) is 5.33. The summed E-state index contributed by atoms with van der Waals surface area (Å²) in [6.07, 6.45) is 6.82. The van der Waals surface area contributed by atoms with E-state index in [-0.39, 0.29) is 0 Å². The van der Waals surface area contributed by atoms with Gasteiger partial charge in [0.25, 0.3) is 0 Å². The molecular formula is C14H17BrN4. The molecule has 0 spiro atoms. The van der Waals surface area contributed by atoms with E-state index in [0.29, 0.717) is 5.92 Å². The van der Waals surface area contributed by atoms with Crippen LogP contribution in [0, 0.1) is 5.92 Å². The minimum absolute atomic E-state index is 0.688. The molecule has 1 aliphatic heterocycles. The van der Waals surface area contributed by atoms with Crippen LogP contribution in [0.2, 0.25) is 0 Å². The predicted molar refractivity (Wildman–Crippen MR) is 79.2 cm³/mol. The van der Waals surface area contributed by atoms with E-state index in [4.69, 9.17) is 0 Å². The molecule has 0 amide bonds. The number of nitrogens with zero attached hydrogens (tertiary/aromatic N) is 4. The average molecular weight is 321 g/mol. The van der Waals surface area contributed by atoms with E-state index < -0.39 is 0 Å². The number of aromatic nitrogens is 3. The van der Waals surface area contributed by atoms with Crippen LogP contribution in [0.25, 0.3) is 0 Å². The Morgan fingerprint density at radius 2 is 2.16 bits per heavy atom. The fourth-order valence-corrected chi connectivity index (χ4v) is 3.07. The van der Waals surface area contributed by atoms with Crippen molar-refractivity contribution in [3.05, 3.63) is 41.0 Å². The summed E-state index contributed by atoms with van der Waals surface area (Å²) in [5.74, 6) is 2.92. The lowest BCUT2D eigenvalue weighted by molar-refractivity contribution is 0.350. The number of anilines is 1. The van der Waals surface area contributed by atoms with Gasteiger partial charge in [-0.15, -0.1) is 0 Å². The van der Waals surface area contributed by atoms with Crippen molar-refractivity contribution in [3.8, 4) is 0 Å². The summed E-state index contributed by atoms with van der Waals surface area (Å²) in [5, 5.41) is 0. The molecule has 100 valence electrons. The summed E-state index contributed by atoms with van der Waals surface area (Å²) in [6.45, 7) is 5.34. The number of rotatable bonds is 4. The Labute approximate surface area is 121 Å². The quantitative estimate of drug-likeness (QED) is 0.868. The van der Waals surface area contributed by atoms with Gasteiger partial charge in [-0.25, -0.2) is 9.97 Å². The van der Waals surface area contributed by atoms with Crippen molar-refractivity contribution in [2.75, 3.05) is 18.0 Å². The van der Waals surface area contributed by atoms with E-state index in [9.17, 15) is 0 Å². The van der Waals surface area contributed by atoms with Crippen molar-refractivity contribution in [1.82, 2.24) is 14.5 Å². The van der Waals surface area contributed by atoms with Crippen molar-refractivity contribution in [2.45, 2.75) is 19.9 Å². The second-order valence-electron chi connectivity index (χ2n) is 4.93. The van der Waals surface area contributed by atoms with Gasteiger partial charge in [0, 0.05) is 50.6 Å². The van der Waals surface area contributed by atoms with Crippen molar-refractivity contribution in [3.63, 3.8) is 0 Å². The number of pyridine rings is 1. The molecule has 0 atom stereocenters. The molecule has 0 aromatic carbocycles. The van der Waals surface area contributed by atoms with Gasteiger partial charge in [-0.2, -0.15) is 0 Å². The molecule has 0 N–H and O–H groups in total. The lowest BCUT2D eigenvalue weighted by Gasteiger charge is -2.40.